The van der Waals surface area contributed by atoms with Gasteiger partial charge in [-0.05, 0) is 34.1 Å². The van der Waals surface area contributed by atoms with Crippen LogP contribution in [0.25, 0.3) is 0 Å². The summed E-state index contributed by atoms with van der Waals surface area (Å²) in [5.74, 6) is -1.30. The van der Waals surface area contributed by atoms with Gasteiger partial charge in [0.25, 0.3) is 0 Å². The van der Waals surface area contributed by atoms with Crippen LogP contribution in [0.4, 0.5) is 4.79 Å². The van der Waals surface area contributed by atoms with Crippen molar-refractivity contribution in [1.29, 1.82) is 0 Å². The monoisotopic (exact) mass is 272 g/mol. The summed E-state index contributed by atoms with van der Waals surface area (Å²) in [5.41, 5.74) is -0.417. The molecule has 6 nitrogen and oxygen atoms in total. The number of likely N-dealkylation sites (tertiary alicyclic amines) is 1. The zero-order chi connectivity index (χ0) is 14.6. The first kappa shape index (κ1) is 15.8. The number of urea groups is 1. The van der Waals surface area contributed by atoms with Gasteiger partial charge in [0.1, 0.15) is 0 Å². The third kappa shape index (κ3) is 4.09. The van der Waals surface area contributed by atoms with Crippen LogP contribution in [-0.2, 0) is 9.53 Å². The number of rotatable bonds is 5. The molecule has 1 heterocycles. The molecule has 1 aliphatic heterocycles. The van der Waals surface area contributed by atoms with Crippen molar-refractivity contribution >= 4 is 12.0 Å². The average Bonchev–Trinajstić information content (AvgIpc) is 2.68. The van der Waals surface area contributed by atoms with Crippen molar-refractivity contribution in [2.24, 2.45) is 5.92 Å². The third-order valence-corrected chi connectivity index (χ3v) is 3.53. The molecule has 0 aromatic rings. The Balaban J connectivity index is 2.49. The van der Waals surface area contributed by atoms with E-state index in [1.54, 1.807) is 11.8 Å². The Hall–Kier alpha value is -1.30. The standard InChI is InChI=1S/C13H24N2O4/c1-5-19-13(3,4)8-14-12(18)15-7-6-10(9(15)2)11(16)17/h9-10H,5-8H2,1-4H3,(H,14,18)(H,16,17). The van der Waals surface area contributed by atoms with Gasteiger partial charge < -0.3 is 20.1 Å². The molecule has 0 aromatic carbocycles. The molecule has 1 fully saturated rings. The number of aliphatic carboxylic acids is 1. The first-order valence-corrected chi connectivity index (χ1v) is 6.69. The summed E-state index contributed by atoms with van der Waals surface area (Å²) in [6, 6.07) is -0.489. The van der Waals surface area contributed by atoms with Crippen LogP contribution in [0.1, 0.15) is 34.1 Å². The highest BCUT2D eigenvalue weighted by Crippen LogP contribution is 2.24. The number of nitrogens with zero attached hydrogens (tertiary/aromatic N) is 1. The fourth-order valence-corrected chi connectivity index (χ4v) is 2.39. The van der Waals surface area contributed by atoms with Crippen molar-refractivity contribution in [2.45, 2.75) is 45.8 Å². The maximum atomic E-state index is 12.0. The van der Waals surface area contributed by atoms with Crippen LogP contribution in [0.5, 0.6) is 0 Å². The lowest BCUT2D eigenvalue weighted by atomic mass is 10.0. The number of nitrogens with one attached hydrogen (secondary N) is 1. The molecular formula is C13H24N2O4. The zero-order valence-electron chi connectivity index (χ0n) is 12.1. The first-order valence-electron chi connectivity index (χ1n) is 6.69. The molecular weight excluding hydrogens is 248 g/mol. The maximum Gasteiger partial charge on any atom is 0.317 e. The Kier molecular flexibility index (Phi) is 5.17. The molecule has 2 unspecified atom stereocenters. The number of amides is 2. The number of hydrogen-bond donors (Lipinski definition) is 2. The summed E-state index contributed by atoms with van der Waals surface area (Å²) < 4.78 is 5.50. The summed E-state index contributed by atoms with van der Waals surface area (Å²) in [5, 5.41) is 11.8. The number of carboxylic acids is 1. The molecule has 0 aliphatic carbocycles. The van der Waals surface area contributed by atoms with E-state index in [1.807, 2.05) is 20.8 Å². The molecule has 19 heavy (non-hydrogen) atoms. The van der Waals surface area contributed by atoms with Gasteiger partial charge >= 0.3 is 12.0 Å². The topological polar surface area (TPSA) is 78.9 Å². The van der Waals surface area contributed by atoms with Crippen molar-refractivity contribution in [3.05, 3.63) is 0 Å². The predicted octanol–water partition coefficient (Wildman–Crippen LogP) is 1.31. The Morgan fingerprint density at radius 2 is 2.11 bits per heavy atom. The van der Waals surface area contributed by atoms with E-state index in [-0.39, 0.29) is 12.1 Å². The number of carbonyl (C=O) groups is 2. The molecule has 2 amide bonds. The van der Waals surface area contributed by atoms with Gasteiger partial charge in [-0.15, -0.1) is 0 Å². The van der Waals surface area contributed by atoms with E-state index in [4.69, 9.17) is 9.84 Å². The lowest BCUT2D eigenvalue weighted by Crippen LogP contribution is -2.48. The number of carbonyl (C=O) groups excluding carboxylic acids is 1. The molecule has 2 atom stereocenters. The average molecular weight is 272 g/mol. The normalized spacial score (nSPS) is 23.5. The van der Waals surface area contributed by atoms with Gasteiger partial charge in [0, 0.05) is 25.7 Å². The molecule has 0 spiro atoms. The van der Waals surface area contributed by atoms with Gasteiger partial charge in [0.05, 0.1) is 11.5 Å². The fourth-order valence-electron chi connectivity index (χ4n) is 2.39. The highest BCUT2D eigenvalue weighted by Gasteiger charge is 2.38. The van der Waals surface area contributed by atoms with Crippen LogP contribution in [-0.4, -0.2) is 53.3 Å². The van der Waals surface area contributed by atoms with E-state index in [2.05, 4.69) is 5.32 Å². The number of ether oxygens (including phenoxy) is 1. The molecule has 6 heteroatoms. The Bertz CT molecular complexity index is 344. The second kappa shape index (κ2) is 6.23. The molecule has 1 aliphatic rings. The number of carboxylic acid groups (broad SMARTS) is 1. The van der Waals surface area contributed by atoms with Crippen molar-refractivity contribution < 1.29 is 19.4 Å². The van der Waals surface area contributed by atoms with Crippen molar-refractivity contribution in [3.8, 4) is 0 Å². The van der Waals surface area contributed by atoms with Crippen LogP contribution >= 0.6 is 0 Å². The quantitative estimate of drug-likeness (QED) is 0.791. The third-order valence-electron chi connectivity index (χ3n) is 3.53. The highest BCUT2D eigenvalue weighted by atomic mass is 16.5. The van der Waals surface area contributed by atoms with Crippen molar-refractivity contribution in [2.75, 3.05) is 19.7 Å². The second-order valence-electron chi connectivity index (χ2n) is 5.52. The lowest BCUT2D eigenvalue weighted by molar-refractivity contribution is -0.142. The molecule has 0 radical (unpaired) electrons. The Morgan fingerprint density at radius 3 is 2.58 bits per heavy atom. The highest BCUT2D eigenvalue weighted by molar-refractivity contribution is 5.78. The summed E-state index contributed by atoms with van der Waals surface area (Å²) in [6.45, 7) is 8.97. The summed E-state index contributed by atoms with van der Waals surface area (Å²) >= 11 is 0. The number of hydrogen-bond acceptors (Lipinski definition) is 3. The maximum absolute atomic E-state index is 12.0. The minimum Gasteiger partial charge on any atom is -0.481 e. The van der Waals surface area contributed by atoms with Gasteiger partial charge in [0.15, 0.2) is 0 Å². The van der Waals surface area contributed by atoms with E-state index in [0.29, 0.717) is 26.1 Å². The minimum absolute atomic E-state index is 0.218. The molecule has 110 valence electrons. The Morgan fingerprint density at radius 1 is 1.47 bits per heavy atom. The van der Waals surface area contributed by atoms with Gasteiger partial charge in [0.2, 0.25) is 0 Å². The van der Waals surface area contributed by atoms with Crippen molar-refractivity contribution in [3.63, 3.8) is 0 Å². The zero-order valence-corrected chi connectivity index (χ0v) is 12.1. The van der Waals surface area contributed by atoms with Gasteiger partial charge in [-0.3, -0.25) is 4.79 Å². The largest absolute Gasteiger partial charge is 0.481 e. The van der Waals surface area contributed by atoms with E-state index < -0.39 is 17.5 Å². The van der Waals surface area contributed by atoms with Crippen LogP contribution in [0, 0.1) is 5.92 Å². The van der Waals surface area contributed by atoms with E-state index >= 15 is 0 Å². The molecule has 2 N–H and O–H groups in total. The van der Waals surface area contributed by atoms with Gasteiger partial charge in [-0.2, -0.15) is 0 Å². The second-order valence-corrected chi connectivity index (χ2v) is 5.52. The van der Waals surface area contributed by atoms with E-state index in [0.717, 1.165) is 0 Å². The van der Waals surface area contributed by atoms with Gasteiger partial charge in [-0.25, -0.2) is 4.79 Å². The summed E-state index contributed by atoms with van der Waals surface area (Å²) in [7, 11) is 0. The van der Waals surface area contributed by atoms with E-state index in [1.165, 1.54) is 0 Å². The van der Waals surface area contributed by atoms with Crippen molar-refractivity contribution in [1.82, 2.24) is 10.2 Å². The molecule has 0 saturated carbocycles. The molecule has 1 saturated heterocycles. The Labute approximate surface area is 114 Å². The molecule has 0 aromatic heterocycles. The van der Waals surface area contributed by atoms with Gasteiger partial charge in [-0.1, -0.05) is 0 Å². The van der Waals surface area contributed by atoms with Crippen LogP contribution < -0.4 is 5.32 Å². The molecule has 0 bridgehead atoms. The van der Waals surface area contributed by atoms with E-state index in [9.17, 15) is 9.59 Å². The molecule has 1 rings (SSSR count). The van der Waals surface area contributed by atoms with Crippen LogP contribution in [0.15, 0.2) is 0 Å². The predicted molar refractivity (Wildman–Crippen MR) is 71.0 cm³/mol. The first-order chi connectivity index (χ1) is 8.78. The minimum atomic E-state index is -0.836. The lowest BCUT2D eigenvalue weighted by Gasteiger charge is -2.28. The summed E-state index contributed by atoms with van der Waals surface area (Å²) in [6.07, 6.45) is 0.513. The smallest absolute Gasteiger partial charge is 0.317 e. The SMILES string of the molecule is CCOC(C)(C)CNC(=O)N1CCC(C(=O)O)C1C. The van der Waals surface area contributed by atoms with Crippen LogP contribution in [0.3, 0.4) is 0 Å². The summed E-state index contributed by atoms with van der Waals surface area (Å²) in [4.78, 5) is 24.6. The fraction of sp³-hybridized carbons (Fsp3) is 0.846. The van der Waals surface area contributed by atoms with Crippen LogP contribution in [0.2, 0.25) is 0 Å².